The summed E-state index contributed by atoms with van der Waals surface area (Å²) in [4.78, 5) is 8.49. The van der Waals surface area contributed by atoms with Crippen molar-refractivity contribution < 1.29 is 4.52 Å². The quantitative estimate of drug-likeness (QED) is 0.837. The Labute approximate surface area is 106 Å². The van der Waals surface area contributed by atoms with Gasteiger partial charge in [-0.25, -0.2) is 4.98 Å². The van der Waals surface area contributed by atoms with Crippen LogP contribution in [-0.4, -0.2) is 26.2 Å². The Bertz CT molecular complexity index is 488. The van der Waals surface area contributed by atoms with Crippen LogP contribution >= 0.6 is 0 Å². The van der Waals surface area contributed by atoms with Gasteiger partial charge in [-0.1, -0.05) is 19.0 Å². The molecule has 0 saturated heterocycles. The Balaban J connectivity index is 1.86. The van der Waals surface area contributed by atoms with Crippen LogP contribution in [0.5, 0.6) is 0 Å². The summed E-state index contributed by atoms with van der Waals surface area (Å²) in [5, 5.41) is 7.21. The molecule has 0 aromatic carbocycles. The largest absolute Gasteiger partial charge is 0.340 e. The van der Waals surface area contributed by atoms with Crippen LogP contribution < -0.4 is 5.32 Å². The monoisotopic (exact) mass is 249 g/mol. The minimum Gasteiger partial charge on any atom is -0.340 e. The Morgan fingerprint density at radius 3 is 2.94 bits per heavy atom. The van der Waals surface area contributed by atoms with E-state index in [-0.39, 0.29) is 0 Å². The molecule has 6 nitrogen and oxygen atoms in total. The summed E-state index contributed by atoms with van der Waals surface area (Å²) in [6.07, 6.45) is 3.79. The normalized spacial score (nSPS) is 11.3. The molecule has 0 aliphatic carbocycles. The first-order chi connectivity index (χ1) is 8.63. The molecule has 0 saturated carbocycles. The topological polar surface area (TPSA) is 68.8 Å². The molecule has 0 fully saturated rings. The molecule has 6 heteroatoms. The summed E-state index contributed by atoms with van der Waals surface area (Å²) in [7, 11) is 0. The molecule has 2 rings (SSSR count). The molecule has 0 bridgehead atoms. The Hall–Kier alpha value is -1.69. The maximum Gasteiger partial charge on any atom is 0.223 e. The van der Waals surface area contributed by atoms with Crippen LogP contribution in [-0.2, 0) is 13.1 Å². The SMILES string of the molecule is Cc1nc(Cn2cnc(CNCC(C)C)c2)no1. The van der Waals surface area contributed by atoms with Gasteiger partial charge in [0.05, 0.1) is 18.6 Å². The van der Waals surface area contributed by atoms with Crippen molar-refractivity contribution in [2.75, 3.05) is 6.54 Å². The van der Waals surface area contributed by atoms with Gasteiger partial charge < -0.3 is 14.4 Å². The third-order valence-corrected chi connectivity index (χ3v) is 2.44. The minimum absolute atomic E-state index is 0.587. The van der Waals surface area contributed by atoms with Crippen LogP contribution in [0.15, 0.2) is 17.0 Å². The van der Waals surface area contributed by atoms with Gasteiger partial charge in [0.25, 0.3) is 0 Å². The van der Waals surface area contributed by atoms with E-state index in [1.54, 1.807) is 13.3 Å². The lowest BCUT2D eigenvalue weighted by molar-refractivity contribution is 0.386. The van der Waals surface area contributed by atoms with Crippen LogP contribution in [0, 0.1) is 12.8 Å². The van der Waals surface area contributed by atoms with Crippen molar-refractivity contribution in [1.29, 1.82) is 0 Å². The third-order valence-electron chi connectivity index (χ3n) is 2.44. The van der Waals surface area contributed by atoms with Crippen LogP contribution in [0.25, 0.3) is 0 Å². The number of imidazole rings is 1. The number of aryl methyl sites for hydroxylation is 1. The van der Waals surface area contributed by atoms with E-state index < -0.39 is 0 Å². The van der Waals surface area contributed by atoms with Gasteiger partial charge in [0, 0.05) is 19.7 Å². The predicted octanol–water partition coefficient (Wildman–Crippen LogP) is 1.37. The highest BCUT2D eigenvalue weighted by Gasteiger charge is 2.04. The molecule has 0 radical (unpaired) electrons. The average molecular weight is 249 g/mol. The van der Waals surface area contributed by atoms with Gasteiger partial charge in [-0.15, -0.1) is 0 Å². The van der Waals surface area contributed by atoms with Crippen LogP contribution in [0.4, 0.5) is 0 Å². The second-order valence-electron chi connectivity index (χ2n) is 4.79. The lowest BCUT2D eigenvalue weighted by Crippen LogP contribution is -2.19. The van der Waals surface area contributed by atoms with E-state index in [1.807, 2.05) is 10.8 Å². The van der Waals surface area contributed by atoms with Crippen molar-refractivity contribution in [2.24, 2.45) is 5.92 Å². The summed E-state index contributed by atoms with van der Waals surface area (Å²) in [6.45, 7) is 8.53. The Morgan fingerprint density at radius 2 is 2.28 bits per heavy atom. The lowest BCUT2D eigenvalue weighted by atomic mass is 10.2. The van der Waals surface area contributed by atoms with Crippen LogP contribution in [0.2, 0.25) is 0 Å². The fourth-order valence-corrected chi connectivity index (χ4v) is 1.64. The molecular weight excluding hydrogens is 230 g/mol. The van der Waals surface area contributed by atoms with Crippen molar-refractivity contribution in [2.45, 2.75) is 33.9 Å². The minimum atomic E-state index is 0.587. The fraction of sp³-hybridized carbons (Fsp3) is 0.583. The van der Waals surface area contributed by atoms with Gasteiger partial charge in [0.15, 0.2) is 5.82 Å². The van der Waals surface area contributed by atoms with E-state index in [1.165, 1.54) is 0 Å². The number of rotatable bonds is 6. The molecule has 98 valence electrons. The smallest absolute Gasteiger partial charge is 0.223 e. The van der Waals surface area contributed by atoms with Gasteiger partial charge in [-0.05, 0) is 12.5 Å². The van der Waals surface area contributed by atoms with Crippen molar-refractivity contribution in [3.8, 4) is 0 Å². The molecule has 0 spiro atoms. The van der Waals surface area contributed by atoms with E-state index in [9.17, 15) is 0 Å². The highest BCUT2D eigenvalue weighted by atomic mass is 16.5. The molecule has 1 N–H and O–H groups in total. The van der Waals surface area contributed by atoms with Crippen molar-refractivity contribution >= 4 is 0 Å². The van der Waals surface area contributed by atoms with Crippen molar-refractivity contribution in [3.63, 3.8) is 0 Å². The van der Waals surface area contributed by atoms with Crippen LogP contribution in [0.3, 0.4) is 0 Å². The molecule has 0 unspecified atom stereocenters. The van der Waals surface area contributed by atoms with Crippen LogP contribution in [0.1, 0.15) is 31.3 Å². The number of hydrogen-bond acceptors (Lipinski definition) is 5. The van der Waals surface area contributed by atoms with E-state index in [0.717, 1.165) is 18.8 Å². The van der Waals surface area contributed by atoms with Gasteiger partial charge in [-0.2, -0.15) is 4.98 Å². The molecular formula is C12H19N5O. The summed E-state index contributed by atoms with van der Waals surface area (Å²) in [6, 6.07) is 0. The maximum atomic E-state index is 4.93. The lowest BCUT2D eigenvalue weighted by Gasteiger charge is -2.04. The molecule has 0 amide bonds. The molecule has 2 aromatic heterocycles. The number of nitrogens with one attached hydrogen (secondary N) is 1. The third kappa shape index (κ3) is 3.66. The number of aromatic nitrogens is 4. The van der Waals surface area contributed by atoms with Crippen molar-refractivity contribution in [3.05, 3.63) is 29.9 Å². The second-order valence-corrected chi connectivity index (χ2v) is 4.79. The van der Waals surface area contributed by atoms with E-state index in [2.05, 4.69) is 34.3 Å². The first-order valence-corrected chi connectivity index (χ1v) is 6.14. The van der Waals surface area contributed by atoms with Gasteiger partial charge in [0.2, 0.25) is 5.89 Å². The van der Waals surface area contributed by atoms with Gasteiger partial charge in [-0.3, -0.25) is 0 Å². The molecule has 0 aliphatic rings. The molecule has 0 atom stereocenters. The highest BCUT2D eigenvalue weighted by Crippen LogP contribution is 2.01. The summed E-state index contributed by atoms with van der Waals surface area (Å²) in [5.74, 6) is 1.91. The van der Waals surface area contributed by atoms with Gasteiger partial charge >= 0.3 is 0 Å². The fourth-order valence-electron chi connectivity index (χ4n) is 1.64. The summed E-state index contributed by atoms with van der Waals surface area (Å²) >= 11 is 0. The number of hydrogen-bond donors (Lipinski definition) is 1. The second kappa shape index (κ2) is 5.77. The summed E-state index contributed by atoms with van der Waals surface area (Å²) in [5.41, 5.74) is 1.02. The van der Waals surface area contributed by atoms with E-state index in [0.29, 0.717) is 24.2 Å². The van der Waals surface area contributed by atoms with Gasteiger partial charge in [0.1, 0.15) is 0 Å². The zero-order valence-electron chi connectivity index (χ0n) is 11.1. The first-order valence-electron chi connectivity index (χ1n) is 6.14. The van der Waals surface area contributed by atoms with E-state index in [4.69, 9.17) is 4.52 Å². The first kappa shape index (κ1) is 12.8. The zero-order valence-corrected chi connectivity index (χ0v) is 11.1. The predicted molar refractivity (Wildman–Crippen MR) is 66.9 cm³/mol. The zero-order chi connectivity index (χ0) is 13.0. The maximum absolute atomic E-state index is 4.93. The Kier molecular flexibility index (Phi) is 4.09. The number of nitrogens with zero attached hydrogens (tertiary/aromatic N) is 4. The molecule has 18 heavy (non-hydrogen) atoms. The summed E-state index contributed by atoms with van der Waals surface area (Å²) < 4.78 is 6.88. The Morgan fingerprint density at radius 1 is 1.44 bits per heavy atom. The van der Waals surface area contributed by atoms with E-state index >= 15 is 0 Å². The van der Waals surface area contributed by atoms with Crippen molar-refractivity contribution in [1.82, 2.24) is 25.0 Å². The standard InChI is InChI=1S/C12H19N5O/c1-9(2)4-13-5-11-6-17(8-14-11)7-12-15-10(3)18-16-12/h6,8-9,13H,4-5,7H2,1-3H3. The average Bonchev–Trinajstić information content (AvgIpc) is 2.89. The molecule has 2 heterocycles. The molecule has 0 aliphatic heterocycles. The molecule has 2 aromatic rings. The highest BCUT2D eigenvalue weighted by molar-refractivity contribution is 4.98.